The van der Waals surface area contributed by atoms with Crippen molar-refractivity contribution in [2.24, 2.45) is 5.73 Å². The van der Waals surface area contributed by atoms with Gasteiger partial charge in [0, 0.05) is 30.6 Å². The maximum absolute atomic E-state index is 13.6. The Morgan fingerprint density at radius 3 is 2.75 bits per heavy atom. The molecule has 1 aromatic rings. The Bertz CT molecular complexity index is 382. The van der Waals surface area contributed by atoms with Crippen molar-refractivity contribution in [3.05, 3.63) is 29.6 Å². The highest BCUT2D eigenvalue weighted by Crippen LogP contribution is 2.17. The molecule has 0 aliphatic carbocycles. The zero-order valence-corrected chi connectivity index (χ0v) is 11.0. The minimum Gasteiger partial charge on any atom is -0.389 e. The highest BCUT2D eigenvalue weighted by Gasteiger charge is 2.08. The van der Waals surface area contributed by atoms with Gasteiger partial charge in [0.2, 0.25) is 0 Å². The summed E-state index contributed by atoms with van der Waals surface area (Å²) in [6, 6.07) is 4.93. The fourth-order valence-corrected chi connectivity index (χ4v) is 1.92. The number of hydrogen-bond donors (Lipinski definition) is 1. The molecule has 0 saturated heterocycles. The summed E-state index contributed by atoms with van der Waals surface area (Å²) in [5, 5.41) is 0. The number of benzene rings is 1. The van der Waals surface area contributed by atoms with Crippen LogP contribution in [0.4, 0.5) is 10.1 Å². The minimum absolute atomic E-state index is 0.0933. The SMILES string of the molecule is CSCCN(C)c1ccc(C(N)=S)c(F)c1. The van der Waals surface area contributed by atoms with E-state index in [-0.39, 0.29) is 10.8 Å². The second kappa shape index (κ2) is 6.06. The van der Waals surface area contributed by atoms with Gasteiger partial charge >= 0.3 is 0 Å². The van der Waals surface area contributed by atoms with Gasteiger partial charge < -0.3 is 10.6 Å². The fourth-order valence-electron chi connectivity index (χ4n) is 1.30. The standard InChI is InChI=1S/C11H15FN2S2/c1-14(5-6-16-2)8-3-4-9(11(13)15)10(12)7-8/h3-4,7H,5-6H2,1-2H3,(H2,13,15). The first-order valence-electron chi connectivity index (χ1n) is 4.85. The molecule has 0 saturated carbocycles. The van der Waals surface area contributed by atoms with E-state index in [1.165, 1.54) is 6.07 Å². The van der Waals surface area contributed by atoms with Gasteiger partial charge in [-0.15, -0.1) is 0 Å². The lowest BCUT2D eigenvalue weighted by Crippen LogP contribution is -2.21. The Kier molecular flexibility index (Phi) is 5.02. The van der Waals surface area contributed by atoms with E-state index in [0.29, 0.717) is 5.56 Å². The lowest BCUT2D eigenvalue weighted by molar-refractivity contribution is 0.625. The zero-order valence-electron chi connectivity index (χ0n) is 9.37. The molecular formula is C11H15FN2S2. The molecule has 1 rings (SSSR count). The second-order valence-corrected chi connectivity index (χ2v) is 4.87. The topological polar surface area (TPSA) is 29.3 Å². The normalized spacial score (nSPS) is 10.2. The molecule has 0 bridgehead atoms. The Morgan fingerprint density at radius 2 is 2.25 bits per heavy atom. The van der Waals surface area contributed by atoms with Gasteiger partial charge in [0.05, 0.1) is 0 Å². The Labute approximate surface area is 105 Å². The predicted octanol–water partition coefficient (Wildman–Crippen LogP) is 2.26. The summed E-state index contributed by atoms with van der Waals surface area (Å²) in [6.45, 7) is 0.882. The van der Waals surface area contributed by atoms with Crippen molar-refractivity contribution in [3.63, 3.8) is 0 Å². The van der Waals surface area contributed by atoms with Crippen molar-refractivity contribution in [1.29, 1.82) is 0 Å². The van der Waals surface area contributed by atoms with Crippen molar-refractivity contribution >= 4 is 34.7 Å². The van der Waals surface area contributed by atoms with Gasteiger partial charge in [-0.05, 0) is 24.5 Å². The number of nitrogens with two attached hydrogens (primary N) is 1. The first-order chi connectivity index (χ1) is 7.56. The lowest BCUT2D eigenvalue weighted by atomic mass is 10.2. The van der Waals surface area contributed by atoms with Gasteiger partial charge in [0.25, 0.3) is 0 Å². The second-order valence-electron chi connectivity index (χ2n) is 3.44. The highest BCUT2D eigenvalue weighted by molar-refractivity contribution is 7.98. The number of nitrogens with zero attached hydrogens (tertiary/aromatic N) is 1. The third-order valence-electron chi connectivity index (χ3n) is 2.29. The number of hydrogen-bond acceptors (Lipinski definition) is 3. The van der Waals surface area contributed by atoms with E-state index in [2.05, 4.69) is 0 Å². The van der Waals surface area contributed by atoms with Gasteiger partial charge in [0.1, 0.15) is 10.8 Å². The lowest BCUT2D eigenvalue weighted by Gasteiger charge is -2.19. The largest absolute Gasteiger partial charge is 0.389 e. The molecule has 2 N–H and O–H groups in total. The van der Waals surface area contributed by atoms with E-state index in [1.54, 1.807) is 17.8 Å². The molecule has 16 heavy (non-hydrogen) atoms. The minimum atomic E-state index is -0.360. The van der Waals surface area contributed by atoms with E-state index in [1.807, 2.05) is 24.3 Å². The van der Waals surface area contributed by atoms with E-state index in [4.69, 9.17) is 18.0 Å². The summed E-state index contributed by atoms with van der Waals surface area (Å²) in [5.74, 6) is 0.649. The van der Waals surface area contributed by atoms with Crippen LogP contribution in [0.25, 0.3) is 0 Å². The van der Waals surface area contributed by atoms with Crippen LogP contribution in [0, 0.1) is 5.82 Å². The number of thioether (sulfide) groups is 1. The Morgan fingerprint density at radius 1 is 1.56 bits per heavy atom. The van der Waals surface area contributed by atoms with Crippen LogP contribution in [0.2, 0.25) is 0 Å². The van der Waals surface area contributed by atoms with Crippen LogP contribution < -0.4 is 10.6 Å². The fraction of sp³-hybridized carbons (Fsp3) is 0.364. The van der Waals surface area contributed by atoms with Crippen LogP contribution in [-0.4, -0.2) is 30.6 Å². The van der Waals surface area contributed by atoms with Crippen molar-refractivity contribution in [3.8, 4) is 0 Å². The number of thiocarbonyl (C=S) groups is 1. The maximum Gasteiger partial charge on any atom is 0.135 e. The molecule has 0 aromatic heterocycles. The molecule has 0 fully saturated rings. The summed E-state index contributed by atoms with van der Waals surface area (Å²) in [5.41, 5.74) is 6.54. The molecule has 2 nitrogen and oxygen atoms in total. The molecule has 0 heterocycles. The average molecular weight is 258 g/mol. The third kappa shape index (κ3) is 3.35. The quantitative estimate of drug-likeness (QED) is 0.820. The Balaban J connectivity index is 2.84. The Hall–Kier alpha value is -0.810. The average Bonchev–Trinajstić information content (AvgIpc) is 2.25. The van der Waals surface area contributed by atoms with Crippen LogP contribution >= 0.6 is 24.0 Å². The number of anilines is 1. The maximum atomic E-state index is 13.6. The van der Waals surface area contributed by atoms with Crippen molar-refractivity contribution < 1.29 is 4.39 Å². The molecule has 0 spiro atoms. The molecule has 5 heteroatoms. The van der Waals surface area contributed by atoms with Crippen molar-refractivity contribution in [1.82, 2.24) is 0 Å². The molecule has 1 aromatic carbocycles. The van der Waals surface area contributed by atoms with Gasteiger partial charge in [-0.25, -0.2) is 4.39 Å². The van der Waals surface area contributed by atoms with Crippen LogP contribution in [0.3, 0.4) is 0 Å². The van der Waals surface area contributed by atoms with Crippen LogP contribution in [0.1, 0.15) is 5.56 Å². The molecule has 0 aliphatic rings. The molecule has 0 amide bonds. The first-order valence-corrected chi connectivity index (χ1v) is 6.66. The summed E-state index contributed by atoms with van der Waals surface area (Å²) in [4.78, 5) is 2.10. The van der Waals surface area contributed by atoms with Crippen LogP contribution in [-0.2, 0) is 0 Å². The molecule has 0 aliphatic heterocycles. The first kappa shape index (κ1) is 13.3. The summed E-state index contributed by atoms with van der Waals surface area (Å²) in [6.07, 6.45) is 2.05. The van der Waals surface area contributed by atoms with Gasteiger partial charge in [-0.3, -0.25) is 0 Å². The monoisotopic (exact) mass is 258 g/mol. The van der Waals surface area contributed by atoms with Gasteiger partial charge in [-0.1, -0.05) is 12.2 Å². The van der Waals surface area contributed by atoms with E-state index < -0.39 is 0 Å². The number of halogens is 1. The molecule has 0 radical (unpaired) electrons. The van der Waals surface area contributed by atoms with Crippen LogP contribution in [0.15, 0.2) is 18.2 Å². The number of rotatable bonds is 5. The van der Waals surface area contributed by atoms with E-state index in [0.717, 1.165) is 18.0 Å². The predicted molar refractivity (Wildman–Crippen MR) is 73.9 cm³/mol. The third-order valence-corrected chi connectivity index (χ3v) is 3.10. The van der Waals surface area contributed by atoms with Crippen molar-refractivity contribution in [2.45, 2.75) is 0 Å². The smallest absolute Gasteiger partial charge is 0.135 e. The zero-order chi connectivity index (χ0) is 12.1. The highest BCUT2D eigenvalue weighted by atomic mass is 32.2. The summed E-state index contributed by atoms with van der Waals surface area (Å²) >= 11 is 6.51. The molecule has 0 atom stereocenters. The van der Waals surface area contributed by atoms with Crippen LogP contribution in [0.5, 0.6) is 0 Å². The van der Waals surface area contributed by atoms with E-state index in [9.17, 15) is 4.39 Å². The van der Waals surface area contributed by atoms with E-state index >= 15 is 0 Å². The summed E-state index contributed by atoms with van der Waals surface area (Å²) in [7, 11) is 1.94. The molecular weight excluding hydrogens is 243 g/mol. The summed E-state index contributed by atoms with van der Waals surface area (Å²) < 4.78 is 13.6. The molecule has 0 unspecified atom stereocenters. The molecule has 88 valence electrons. The van der Waals surface area contributed by atoms with Crippen molar-refractivity contribution in [2.75, 3.05) is 30.5 Å². The van der Waals surface area contributed by atoms with Gasteiger partial charge in [0.15, 0.2) is 0 Å². The van der Waals surface area contributed by atoms with Gasteiger partial charge in [-0.2, -0.15) is 11.8 Å².